The van der Waals surface area contributed by atoms with Gasteiger partial charge in [-0.15, -0.1) is 0 Å². The van der Waals surface area contributed by atoms with E-state index in [2.05, 4.69) is 4.98 Å². The van der Waals surface area contributed by atoms with Gasteiger partial charge < -0.3 is 28.6 Å². The highest BCUT2D eigenvalue weighted by molar-refractivity contribution is 6.23. The van der Waals surface area contributed by atoms with E-state index < -0.39 is 28.9 Å². The summed E-state index contributed by atoms with van der Waals surface area (Å²) in [5, 5.41) is 10.6. The molecule has 0 fully saturated rings. The first-order valence-corrected chi connectivity index (χ1v) is 16.1. The van der Waals surface area contributed by atoms with Gasteiger partial charge in [-0.1, -0.05) is 6.08 Å². The summed E-state index contributed by atoms with van der Waals surface area (Å²) in [7, 11) is 7.35. The van der Waals surface area contributed by atoms with Crippen molar-refractivity contribution in [3.63, 3.8) is 0 Å². The summed E-state index contributed by atoms with van der Waals surface area (Å²) in [5.41, 5.74) is 1.42. The van der Waals surface area contributed by atoms with Crippen LogP contribution in [0.5, 0.6) is 28.7 Å². The first-order chi connectivity index (χ1) is 24.4. The number of rotatable bonds is 8. The Bertz CT molecular complexity index is 2450. The first-order valence-electron chi connectivity index (χ1n) is 16.1. The quantitative estimate of drug-likeness (QED) is 0.211. The van der Waals surface area contributed by atoms with Gasteiger partial charge in [-0.05, 0) is 36.3 Å². The number of benzene rings is 2. The highest BCUT2D eigenvalue weighted by atomic mass is 16.5. The molecule has 0 radical (unpaired) electrons. The number of methoxy groups -OCH3 is 4. The van der Waals surface area contributed by atoms with Crippen LogP contribution in [0.15, 0.2) is 73.1 Å². The summed E-state index contributed by atoms with van der Waals surface area (Å²) in [6.07, 6.45) is 3.06. The highest BCUT2D eigenvalue weighted by Crippen LogP contribution is 2.52. The smallest absolute Gasteiger partial charge is 0.347 e. The van der Waals surface area contributed by atoms with Gasteiger partial charge in [0.25, 0.3) is 5.56 Å². The normalized spacial score (nSPS) is 18.2. The number of ether oxygens (including phenoxy) is 4. The van der Waals surface area contributed by atoms with Crippen molar-refractivity contribution in [3.8, 4) is 28.7 Å². The van der Waals surface area contributed by atoms with E-state index >= 15 is 0 Å². The van der Waals surface area contributed by atoms with Crippen LogP contribution in [0.1, 0.15) is 36.6 Å². The van der Waals surface area contributed by atoms with Crippen molar-refractivity contribution >= 4 is 22.6 Å². The second-order valence-electron chi connectivity index (χ2n) is 12.6. The van der Waals surface area contributed by atoms with Gasteiger partial charge in [0.15, 0.2) is 34.6 Å². The number of carbonyl (C=O) groups is 2. The maximum absolute atomic E-state index is 14.2. The topological polar surface area (TPSA) is 175 Å². The van der Waals surface area contributed by atoms with Gasteiger partial charge >= 0.3 is 11.4 Å². The number of aromatic hydroxyl groups is 1. The fraction of sp³-hybridized carbons (Fsp3) is 0.333. The first kappa shape index (κ1) is 33.4. The number of phenolic OH excluding ortho intramolecular Hbond substituents is 1. The summed E-state index contributed by atoms with van der Waals surface area (Å²) in [4.78, 5) is 73.1. The molecule has 51 heavy (non-hydrogen) atoms. The van der Waals surface area contributed by atoms with E-state index in [0.717, 1.165) is 4.57 Å². The molecule has 0 bridgehead atoms. The molecule has 0 saturated carbocycles. The summed E-state index contributed by atoms with van der Waals surface area (Å²) >= 11 is 0. The number of hydrogen-bond donors (Lipinski definition) is 1. The van der Waals surface area contributed by atoms with E-state index in [1.165, 1.54) is 48.4 Å². The van der Waals surface area contributed by atoms with Crippen LogP contribution in [0.25, 0.3) is 11.0 Å². The lowest BCUT2D eigenvalue weighted by atomic mass is 9.67. The Morgan fingerprint density at radius 3 is 2.18 bits per heavy atom. The van der Waals surface area contributed by atoms with E-state index in [1.54, 1.807) is 44.3 Å². The molecule has 0 unspecified atom stereocenters. The second kappa shape index (κ2) is 12.3. The van der Waals surface area contributed by atoms with Gasteiger partial charge in [-0.3, -0.25) is 14.4 Å². The third kappa shape index (κ3) is 5.02. The van der Waals surface area contributed by atoms with Crippen LogP contribution in [0.4, 0.5) is 0 Å². The van der Waals surface area contributed by atoms with E-state index in [9.17, 15) is 29.1 Å². The minimum atomic E-state index is -0.818. The minimum Gasteiger partial charge on any atom is -0.502 e. The lowest BCUT2D eigenvalue weighted by molar-refractivity contribution is -0.116. The monoisotopic (exact) mass is 697 g/mol. The van der Waals surface area contributed by atoms with Gasteiger partial charge in [0, 0.05) is 61.2 Å². The number of nitrogens with zero attached hydrogens (tertiary/aromatic N) is 5. The molecule has 15 nitrogen and oxygen atoms in total. The van der Waals surface area contributed by atoms with Crippen LogP contribution in [-0.2, 0) is 36.1 Å². The lowest BCUT2D eigenvalue weighted by Crippen LogP contribution is -2.40. The SMILES string of the molecule is COc1cc2nc(CCn3c(=O)n4n(c3=O)[C@@H]3CC5=C(C(=O)C(C)=CC5=O)[C@@H](c5cc(OC)c(O)c(OC)c5)C3=CC4)c(=O)n(C)c2cc1OC. The van der Waals surface area contributed by atoms with Crippen molar-refractivity contribution in [2.75, 3.05) is 28.4 Å². The Morgan fingerprint density at radius 1 is 0.882 bits per heavy atom. The number of carbonyl (C=O) groups excluding carboxylic acids is 2. The molecule has 3 heterocycles. The molecule has 2 aromatic carbocycles. The van der Waals surface area contributed by atoms with Crippen molar-refractivity contribution in [2.24, 2.45) is 7.05 Å². The standard InChI is InChI=1S/C36H35N5O10/c1-17-11-25(42)20-14-23-19(30(31(20)32(17)43)18-12-28(50-5)33(44)29(13-18)51-6)7-10-40-35(46)39(36(47)41(23)40)9-8-21-34(45)38(2)24-16-27(49-4)26(48-3)15-22(24)37-21/h7,11-13,15-16,23,30,44H,8-10,14H2,1-6H3/t23-,30+/m1/s1. The number of Topliss-reactive ketones (excluding diaryl/α,β-unsaturated/α-hetero) is 1. The van der Waals surface area contributed by atoms with Gasteiger partial charge in [0.1, 0.15) is 5.69 Å². The molecule has 7 rings (SSSR count). The highest BCUT2D eigenvalue weighted by Gasteiger charge is 2.45. The predicted molar refractivity (Wildman–Crippen MR) is 183 cm³/mol. The van der Waals surface area contributed by atoms with Crippen LogP contribution >= 0.6 is 0 Å². The minimum absolute atomic E-state index is 0.000197. The molecule has 0 spiro atoms. The van der Waals surface area contributed by atoms with Crippen molar-refractivity contribution < 1.29 is 33.6 Å². The number of hydrogen-bond acceptors (Lipinski definition) is 11. The molecular formula is C36H35N5O10. The van der Waals surface area contributed by atoms with Crippen LogP contribution in [-0.4, -0.2) is 68.6 Å². The predicted octanol–water partition coefficient (Wildman–Crippen LogP) is 2.10. The van der Waals surface area contributed by atoms with E-state index in [-0.39, 0.29) is 77.2 Å². The van der Waals surface area contributed by atoms with E-state index in [1.807, 2.05) is 0 Å². The van der Waals surface area contributed by atoms with E-state index in [4.69, 9.17) is 18.9 Å². The van der Waals surface area contributed by atoms with Gasteiger partial charge in [-0.2, -0.15) is 0 Å². The van der Waals surface area contributed by atoms with Crippen LogP contribution in [0.2, 0.25) is 0 Å². The average molecular weight is 698 g/mol. The number of allylic oxidation sites excluding steroid dienone is 6. The third-order valence-corrected chi connectivity index (χ3v) is 9.97. The molecule has 1 N–H and O–H groups in total. The number of ketones is 2. The van der Waals surface area contributed by atoms with E-state index in [0.29, 0.717) is 33.7 Å². The molecule has 15 heteroatoms. The Morgan fingerprint density at radius 2 is 1.53 bits per heavy atom. The van der Waals surface area contributed by atoms with Crippen molar-refractivity contribution in [1.29, 1.82) is 0 Å². The summed E-state index contributed by atoms with van der Waals surface area (Å²) in [6, 6.07) is 5.64. The number of aromatic nitrogens is 5. The zero-order valence-electron chi connectivity index (χ0n) is 28.8. The average Bonchev–Trinajstić information content (AvgIpc) is 3.38. The molecular weight excluding hydrogens is 662 g/mol. The maximum Gasteiger partial charge on any atom is 0.347 e. The molecule has 1 aliphatic heterocycles. The van der Waals surface area contributed by atoms with Crippen molar-refractivity contribution in [2.45, 2.75) is 44.8 Å². The third-order valence-electron chi connectivity index (χ3n) is 9.97. The lowest BCUT2D eigenvalue weighted by Gasteiger charge is -2.39. The zero-order chi connectivity index (χ0) is 36.5. The second-order valence-corrected chi connectivity index (χ2v) is 12.6. The van der Waals surface area contributed by atoms with Gasteiger partial charge in [-0.25, -0.2) is 28.5 Å². The Balaban J connectivity index is 1.31. The van der Waals surface area contributed by atoms with Gasteiger partial charge in [0.2, 0.25) is 5.75 Å². The summed E-state index contributed by atoms with van der Waals surface area (Å²) in [6.45, 7) is 1.44. The Labute approximate surface area is 289 Å². The maximum atomic E-state index is 14.2. The summed E-state index contributed by atoms with van der Waals surface area (Å²) in [5.74, 6) is -0.669. The molecule has 0 amide bonds. The fourth-order valence-electron chi connectivity index (χ4n) is 7.42. The fourth-order valence-corrected chi connectivity index (χ4v) is 7.42. The number of aryl methyl sites for hydroxylation is 2. The van der Waals surface area contributed by atoms with Crippen LogP contribution in [0, 0.1) is 0 Å². The number of phenols is 1. The molecule has 2 aliphatic carbocycles. The molecule has 2 aromatic heterocycles. The Hall–Kier alpha value is -6.12. The molecule has 2 atom stereocenters. The van der Waals surface area contributed by atoms with Crippen LogP contribution in [0.3, 0.4) is 0 Å². The van der Waals surface area contributed by atoms with Crippen LogP contribution < -0.4 is 35.9 Å². The van der Waals surface area contributed by atoms with Crippen molar-refractivity contribution in [3.05, 3.63) is 101 Å². The summed E-state index contributed by atoms with van der Waals surface area (Å²) < 4.78 is 26.7. The molecule has 0 saturated heterocycles. The van der Waals surface area contributed by atoms with Gasteiger partial charge in [0.05, 0.1) is 52.1 Å². The van der Waals surface area contributed by atoms with Crippen molar-refractivity contribution in [1.82, 2.24) is 23.5 Å². The zero-order valence-corrected chi connectivity index (χ0v) is 28.8. The molecule has 3 aliphatic rings. The molecule has 264 valence electrons. The Kier molecular flexibility index (Phi) is 8.07. The number of fused-ring (bicyclic) bond motifs is 4. The molecule has 4 aromatic rings. The largest absolute Gasteiger partial charge is 0.502 e.